The van der Waals surface area contributed by atoms with Gasteiger partial charge < -0.3 is 10.5 Å². The van der Waals surface area contributed by atoms with Gasteiger partial charge in [-0.25, -0.2) is 4.39 Å². The van der Waals surface area contributed by atoms with E-state index in [1.807, 2.05) is 24.3 Å². The van der Waals surface area contributed by atoms with Gasteiger partial charge in [0.2, 0.25) is 0 Å². The van der Waals surface area contributed by atoms with E-state index in [0.717, 1.165) is 24.3 Å². The van der Waals surface area contributed by atoms with Crippen molar-refractivity contribution in [2.24, 2.45) is 0 Å². The highest BCUT2D eigenvalue weighted by atomic mass is 19.1. The topological polar surface area (TPSA) is 38.5 Å². The molecule has 4 heteroatoms. The van der Waals surface area contributed by atoms with Gasteiger partial charge in [0.05, 0.1) is 7.11 Å². The molecule has 0 saturated heterocycles. The fourth-order valence-electron chi connectivity index (χ4n) is 2.25. The van der Waals surface area contributed by atoms with Gasteiger partial charge in [-0.15, -0.1) is 0 Å². The summed E-state index contributed by atoms with van der Waals surface area (Å²) in [4.78, 5) is 2.17. The molecular formula is C17H21FN2O. The lowest BCUT2D eigenvalue weighted by Gasteiger charge is -2.21. The molecule has 0 spiro atoms. The van der Waals surface area contributed by atoms with Gasteiger partial charge in [-0.05, 0) is 30.3 Å². The van der Waals surface area contributed by atoms with Crippen LogP contribution < -0.4 is 10.5 Å². The molecule has 0 bridgehead atoms. The third kappa shape index (κ3) is 4.20. The van der Waals surface area contributed by atoms with Crippen molar-refractivity contribution in [2.75, 3.05) is 19.4 Å². The summed E-state index contributed by atoms with van der Waals surface area (Å²) in [5.41, 5.74) is 8.34. The second-order valence-corrected chi connectivity index (χ2v) is 5.01. The maximum atomic E-state index is 14.0. The van der Waals surface area contributed by atoms with Gasteiger partial charge in [-0.1, -0.05) is 25.1 Å². The first-order valence-corrected chi connectivity index (χ1v) is 7.01. The molecule has 21 heavy (non-hydrogen) atoms. The van der Waals surface area contributed by atoms with Gasteiger partial charge in [0, 0.05) is 30.4 Å². The van der Waals surface area contributed by atoms with Crippen LogP contribution >= 0.6 is 0 Å². The highest BCUT2D eigenvalue weighted by molar-refractivity contribution is 5.40. The first-order chi connectivity index (χ1) is 10.1. The molecule has 3 nitrogen and oxygen atoms in total. The molecule has 0 aliphatic carbocycles. The number of methoxy groups -OCH3 is 1. The smallest absolute Gasteiger partial charge is 0.131 e. The van der Waals surface area contributed by atoms with Crippen molar-refractivity contribution in [1.29, 1.82) is 0 Å². The van der Waals surface area contributed by atoms with E-state index in [9.17, 15) is 4.39 Å². The van der Waals surface area contributed by atoms with Crippen molar-refractivity contribution >= 4 is 5.69 Å². The molecule has 0 aromatic heterocycles. The minimum atomic E-state index is -0.236. The summed E-state index contributed by atoms with van der Waals surface area (Å²) in [5.74, 6) is 0.301. The van der Waals surface area contributed by atoms with Crippen LogP contribution in [0.2, 0.25) is 0 Å². The van der Waals surface area contributed by atoms with Gasteiger partial charge in [0.1, 0.15) is 11.6 Å². The predicted molar refractivity (Wildman–Crippen MR) is 83.6 cm³/mol. The summed E-state index contributed by atoms with van der Waals surface area (Å²) in [6.45, 7) is 4.20. The molecule has 0 aliphatic rings. The second-order valence-electron chi connectivity index (χ2n) is 5.01. The Morgan fingerprint density at radius 2 is 1.95 bits per heavy atom. The molecule has 2 aromatic carbocycles. The van der Waals surface area contributed by atoms with Crippen LogP contribution in [0.3, 0.4) is 0 Å². The van der Waals surface area contributed by atoms with Crippen LogP contribution in [0.15, 0.2) is 42.5 Å². The molecule has 0 radical (unpaired) electrons. The highest BCUT2D eigenvalue weighted by Gasteiger charge is 2.10. The van der Waals surface area contributed by atoms with E-state index in [0.29, 0.717) is 17.9 Å². The Morgan fingerprint density at radius 1 is 1.14 bits per heavy atom. The number of hydrogen-bond donors (Lipinski definition) is 1. The minimum absolute atomic E-state index is 0.236. The number of nitrogens with zero attached hydrogens (tertiary/aromatic N) is 1. The van der Waals surface area contributed by atoms with Crippen molar-refractivity contribution in [3.05, 3.63) is 59.4 Å². The monoisotopic (exact) mass is 288 g/mol. The zero-order chi connectivity index (χ0) is 15.2. The van der Waals surface area contributed by atoms with Gasteiger partial charge >= 0.3 is 0 Å². The lowest BCUT2D eigenvalue weighted by molar-refractivity contribution is 0.267. The number of rotatable bonds is 6. The Morgan fingerprint density at radius 3 is 2.57 bits per heavy atom. The van der Waals surface area contributed by atoms with Gasteiger partial charge in [-0.2, -0.15) is 0 Å². The first kappa shape index (κ1) is 15.3. The molecule has 2 N–H and O–H groups in total. The molecule has 0 amide bonds. The van der Waals surface area contributed by atoms with Crippen molar-refractivity contribution < 1.29 is 9.13 Å². The third-order valence-electron chi connectivity index (χ3n) is 3.46. The molecule has 0 atom stereocenters. The van der Waals surface area contributed by atoms with E-state index in [2.05, 4.69) is 11.8 Å². The van der Waals surface area contributed by atoms with Gasteiger partial charge in [0.15, 0.2) is 0 Å². The third-order valence-corrected chi connectivity index (χ3v) is 3.46. The normalized spacial score (nSPS) is 10.9. The molecule has 0 unspecified atom stereocenters. The molecule has 112 valence electrons. The molecule has 0 aliphatic heterocycles. The van der Waals surface area contributed by atoms with Crippen LogP contribution in [0.4, 0.5) is 10.1 Å². The summed E-state index contributed by atoms with van der Waals surface area (Å²) in [6, 6.07) is 12.8. The standard InChI is InChI=1S/C17H21FN2O/c1-3-20(11-13-5-4-6-15(19)9-13)12-14-7-8-16(21-2)10-17(14)18/h4-10H,3,11-12,19H2,1-2H3. The van der Waals surface area contributed by atoms with E-state index < -0.39 is 0 Å². The van der Waals surface area contributed by atoms with Crippen LogP contribution in [-0.2, 0) is 13.1 Å². The summed E-state index contributed by atoms with van der Waals surface area (Å²) in [7, 11) is 1.53. The quantitative estimate of drug-likeness (QED) is 0.828. The van der Waals surface area contributed by atoms with Gasteiger partial charge in [0.25, 0.3) is 0 Å². The number of hydrogen-bond acceptors (Lipinski definition) is 3. The number of ether oxygens (including phenoxy) is 1. The first-order valence-electron chi connectivity index (χ1n) is 7.01. The van der Waals surface area contributed by atoms with E-state index in [1.165, 1.54) is 13.2 Å². The molecular weight excluding hydrogens is 267 g/mol. The zero-order valence-electron chi connectivity index (χ0n) is 12.5. The number of nitrogens with two attached hydrogens (primary N) is 1. The molecule has 0 saturated carbocycles. The lowest BCUT2D eigenvalue weighted by Crippen LogP contribution is -2.23. The Kier molecular flexibility index (Phi) is 5.17. The maximum absolute atomic E-state index is 14.0. The van der Waals surface area contributed by atoms with E-state index >= 15 is 0 Å². The minimum Gasteiger partial charge on any atom is -0.497 e. The van der Waals surface area contributed by atoms with Crippen molar-refractivity contribution in [1.82, 2.24) is 4.90 Å². The van der Waals surface area contributed by atoms with E-state index in [-0.39, 0.29) is 5.82 Å². The number of benzene rings is 2. The summed E-state index contributed by atoms with van der Waals surface area (Å²) < 4.78 is 19.0. The predicted octanol–water partition coefficient (Wildman–Crippen LogP) is 3.44. The SMILES string of the molecule is CCN(Cc1cccc(N)c1)Cc1ccc(OC)cc1F. The van der Waals surface area contributed by atoms with Crippen LogP contribution in [0.25, 0.3) is 0 Å². The maximum Gasteiger partial charge on any atom is 0.131 e. The Bertz CT molecular complexity index is 601. The number of nitrogen functional groups attached to an aromatic ring is 1. The van der Waals surface area contributed by atoms with Gasteiger partial charge in [-0.3, -0.25) is 4.90 Å². The summed E-state index contributed by atoms with van der Waals surface area (Å²) >= 11 is 0. The number of anilines is 1. The van der Waals surface area contributed by atoms with Crippen LogP contribution in [-0.4, -0.2) is 18.6 Å². The molecule has 0 fully saturated rings. The second kappa shape index (κ2) is 7.09. The van der Waals surface area contributed by atoms with Crippen LogP contribution in [0.1, 0.15) is 18.1 Å². The average Bonchev–Trinajstić information content (AvgIpc) is 2.48. The molecule has 0 heterocycles. The van der Waals surface area contributed by atoms with Crippen LogP contribution in [0, 0.1) is 5.82 Å². The van der Waals surface area contributed by atoms with Crippen molar-refractivity contribution in [3.63, 3.8) is 0 Å². The largest absolute Gasteiger partial charge is 0.497 e. The fourth-order valence-corrected chi connectivity index (χ4v) is 2.25. The van der Waals surface area contributed by atoms with Crippen molar-refractivity contribution in [3.8, 4) is 5.75 Å². The highest BCUT2D eigenvalue weighted by Crippen LogP contribution is 2.19. The van der Waals surface area contributed by atoms with E-state index in [4.69, 9.17) is 10.5 Å². The number of halogens is 1. The lowest BCUT2D eigenvalue weighted by atomic mass is 10.1. The molecule has 2 aromatic rings. The van der Waals surface area contributed by atoms with Crippen molar-refractivity contribution in [2.45, 2.75) is 20.0 Å². The van der Waals surface area contributed by atoms with Crippen LogP contribution in [0.5, 0.6) is 5.75 Å². The molecule has 2 rings (SSSR count). The average molecular weight is 288 g/mol. The summed E-state index contributed by atoms with van der Waals surface area (Å²) in [5, 5.41) is 0. The Balaban J connectivity index is 2.08. The Hall–Kier alpha value is -2.07. The summed E-state index contributed by atoms with van der Waals surface area (Å²) in [6.07, 6.45) is 0. The zero-order valence-corrected chi connectivity index (χ0v) is 12.5. The Labute approximate surface area is 125 Å². The fraction of sp³-hybridized carbons (Fsp3) is 0.294. The van der Waals surface area contributed by atoms with E-state index in [1.54, 1.807) is 12.1 Å².